The Morgan fingerprint density at radius 1 is 1.28 bits per heavy atom. The molecule has 25 heavy (non-hydrogen) atoms. The van der Waals surface area contributed by atoms with E-state index in [-0.39, 0.29) is 18.3 Å². The minimum absolute atomic E-state index is 0.0599. The lowest BCUT2D eigenvalue weighted by molar-refractivity contribution is -0.140. The molecule has 3 heterocycles. The number of hydrogen-bond donors (Lipinski definition) is 1. The van der Waals surface area contributed by atoms with Crippen LogP contribution in [0.3, 0.4) is 0 Å². The summed E-state index contributed by atoms with van der Waals surface area (Å²) in [5, 5.41) is 11.3. The van der Waals surface area contributed by atoms with Crippen molar-refractivity contribution in [1.82, 2.24) is 24.8 Å². The van der Waals surface area contributed by atoms with Crippen molar-refractivity contribution in [2.45, 2.75) is 25.2 Å². The number of fused-ring (bicyclic) bond motifs is 1. The Morgan fingerprint density at radius 3 is 2.84 bits per heavy atom. The van der Waals surface area contributed by atoms with Gasteiger partial charge in [0, 0.05) is 18.7 Å². The first-order valence-electron chi connectivity index (χ1n) is 8.53. The lowest BCUT2D eigenvalue weighted by atomic mass is 9.96. The van der Waals surface area contributed by atoms with Gasteiger partial charge in [0.15, 0.2) is 5.65 Å². The maximum absolute atomic E-state index is 11.9. The van der Waals surface area contributed by atoms with Gasteiger partial charge in [-0.15, -0.1) is 10.2 Å². The molecule has 2 aromatic heterocycles. The van der Waals surface area contributed by atoms with Crippen molar-refractivity contribution in [2.75, 3.05) is 33.3 Å². The minimum atomic E-state index is -0.318. The normalized spacial score (nSPS) is 16.0. The number of carbonyl (C=O) groups excluding carboxylic acids is 2. The molecule has 0 atom stereocenters. The maximum atomic E-state index is 11.9. The Morgan fingerprint density at radius 2 is 2.08 bits per heavy atom. The molecule has 1 aliphatic heterocycles. The van der Waals surface area contributed by atoms with E-state index in [1.807, 2.05) is 28.8 Å². The van der Waals surface area contributed by atoms with Gasteiger partial charge in [-0.25, -0.2) is 0 Å². The fraction of sp³-hybridized carbons (Fsp3) is 0.529. The number of pyridine rings is 1. The second-order valence-corrected chi connectivity index (χ2v) is 6.21. The van der Waals surface area contributed by atoms with Crippen LogP contribution in [-0.2, 0) is 14.3 Å². The topological polar surface area (TPSA) is 88.8 Å². The lowest BCUT2D eigenvalue weighted by Crippen LogP contribution is -2.41. The molecule has 0 bridgehead atoms. The SMILES string of the molecule is COC(=O)CCNC(=O)CN1CCC(c2nnc3ccccn23)CC1. The van der Waals surface area contributed by atoms with Gasteiger partial charge < -0.3 is 10.1 Å². The van der Waals surface area contributed by atoms with Crippen LogP contribution in [0.4, 0.5) is 0 Å². The number of likely N-dealkylation sites (tertiary alicyclic amines) is 1. The van der Waals surface area contributed by atoms with Crippen LogP contribution in [0.15, 0.2) is 24.4 Å². The molecule has 2 aromatic rings. The zero-order chi connectivity index (χ0) is 17.6. The summed E-state index contributed by atoms with van der Waals surface area (Å²) in [4.78, 5) is 25.1. The van der Waals surface area contributed by atoms with E-state index >= 15 is 0 Å². The third-order valence-electron chi connectivity index (χ3n) is 4.54. The highest BCUT2D eigenvalue weighted by Crippen LogP contribution is 2.26. The van der Waals surface area contributed by atoms with E-state index in [9.17, 15) is 9.59 Å². The standard InChI is InChI=1S/C17H23N5O3/c1-25-16(24)5-8-18-15(23)12-21-10-6-13(7-11-21)17-20-19-14-4-2-3-9-22(14)17/h2-4,9,13H,5-8,10-12H2,1H3,(H,18,23). The first-order valence-corrected chi connectivity index (χ1v) is 8.53. The van der Waals surface area contributed by atoms with Crippen LogP contribution in [-0.4, -0.2) is 64.7 Å². The molecule has 0 aliphatic carbocycles. The molecule has 0 aromatic carbocycles. The molecule has 8 heteroatoms. The molecular formula is C17H23N5O3. The van der Waals surface area contributed by atoms with Gasteiger partial charge >= 0.3 is 5.97 Å². The summed E-state index contributed by atoms with van der Waals surface area (Å²) in [6.45, 7) is 2.36. The van der Waals surface area contributed by atoms with Crippen molar-refractivity contribution in [3.05, 3.63) is 30.2 Å². The van der Waals surface area contributed by atoms with E-state index in [0.29, 0.717) is 19.0 Å². The van der Waals surface area contributed by atoms with Crippen LogP contribution in [0.1, 0.15) is 31.0 Å². The van der Waals surface area contributed by atoms with Crippen LogP contribution in [0.5, 0.6) is 0 Å². The van der Waals surface area contributed by atoms with Crippen molar-refractivity contribution >= 4 is 17.5 Å². The lowest BCUT2D eigenvalue weighted by Gasteiger charge is -2.30. The summed E-state index contributed by atoms with van der Waals surface area (Å²) in [7, 11) is 1.34. The average molecular weight is 345 g/mol. The predicted molar refractivity (Wildman–Crippen MR) is 91.0 cm³/mol. The number of hydrogen-bond acceptors (Lipinski definition) is 6. The van der Waals surface area contributed by atoms with Gasteiger partial charge in [-0.1, -0.05) is 6.07 Å². The second kappa shape index (κ2) is 8.06. The molecule has 0 saturated carbocycles. The van der Waals surface area contributed by atoms with E-state index in [0.717, 1.165) is 37.4 Å². The number of nitrogens with zero attached hydrogens (tertiary/aromatic N) is 4. The quantitative estimate of drug-likeness (QED) is 0.771. The Kier molecular flexibility index (Phi) is 5.60. The highest BCUT2D eigenvalue weighted by molar-refractivity contribution is 5.78. The summed E-state index contributed by atoms with van der Waals surface area (Å²) >= 11 is 0. The number of carbonyl (C=O) groups is 2. The van der Waals surface area contributed by atoms with Crippen molar-refractivity contribution in [3.63, 3.8) is 0 Å². The molecule has 0 unspecified atom stereocenters. The third kappa shape index (κ3) is 4.33. The second-order valence-electron chi connectivity index (χ2n) is 6.21. The number of piperidine rings is 1. The summed E-state index contributed by atoms with van der Waals surface area (Å²) in [6.07, 6.45) is 4.09. The first-order chi connectivity index (χ1) is 12.2. The monoisotopic (exact) mass is 345 g/mol. The number of ether oxygens (including phenoxy) is 1. The van der Waals surface area contributed by atoms with E-state index in [2.05, 4.69) is 25.2 Å². The van der Waals surface area contributed by atoms with Crippen molar-refractivity contribution in [1.29, 1.82) is 0 Å². The van der Waals surface area contributed by atoms with Gasteiger partial charge in [-0.05, 0) is 38.1 Å². The molecule has 1 N–H and O–H groups in total. The Balaban J connectivity index is 1.46. The highest BCUT2D eigenvalue weighted by atomic mass is 16.5. The number of rotatable bonds is 6. The summed E-state index contributed by atoms with van der Waals surface area (Å²) in [6, 6.07) is 5.88. The number of aromatic nitrogens is 3. The highest BCUT2D eigenvalue weighted by Gasteiger charge is 2.25. The molecule has 0 spiro atoms. The van der Waals surface area contributed by atoms with E-state index in [1.54, 1.807) is 0 Å². The molecule has 1 aliphatic rings. The first kappa shape index (κ1) is 17.3. The number of methoxy groups -OCH3 is 1. The van der Waals surface area contributed by atoms with Crippen molar-refractivity contribution < 1.29 is 14.3 Å². The predicted octanol–water partition coefficient (Wildman–Crippen LogP) is 0.588. The van der Waals surface area contributed by atoms with Crippen LogP contribution in [0.25, 0.3) is 5.65 Å². The van der Waals surface area contributed by atoms with Crippen LogP contribution in [0.2, 0.25) is 0 Å². The summed E-state index contributed by atoms with van der Waals surface area (Å²) in [5.74, 6) is 0.978. The maximum Gasteiger partial charge on any atom is 0.307 e. The number of amides is 1. The van der Waals surface area contributed by atoms with Crippen LogP contribution >= 0.6 is 0 Å². The molecule has 3 rings (SSSR count). The Labute approximate surface area is 146 Å². The molecule has 1 saturated heterocycles. The molecule has 0 radical (unpaired) electrons. The summed E-state index contributed by atoms with van der Waals surface area (Å²) < 4.78 is 6.59. The van der Waals surface area contributed by atoms with Gasteiger partial charge in [0.2, 0.25) is 5.91 Å². The Hall–Kier alpha value is -2.48. The van der Waals surface area contributed by atoms with Gasteiger partial charge in [-0.3, -0.25) is 18.9 Å². The van der Waals surface area contributed by atoms with Crippen LogP contribution in [0, 0.1) is 0 Å². The fourth-order valence-corrected chi connectivity index (χ4v) is 3.15. The molecule has 8 nitrogen and oxygen atoms in total. The zero-order valence-electron chi connectivity index (χ0n) is 14.4. The summed E-state index contributed by atoms with van der Waals surface area (Å²) in [5.41, 5.74) is 0.866. The van der Waals surface area contributed by atoms with E-state index in [4.69, 9.17) is 0 Å². The van der Waals surface area contributed by atoms with Gasteiger partial charge in [0.1, 0.15) is 5.82 Å². The molecule has 134 valence electrons. The number of esters is 1. The van der Waals surface area contributed by atoms with Crippen LogP contribution < -0.4 is 5.32 Å². The smallest absolute Gasteiger partial charge is 0.307 e. The third-order valence-corrected chi connectivity index (χ3v) is 4.54. The van der Waals surface area contributed by atoms with Gasteiger partial charge in [0.25, 0.3) is 0 Å². The fourth-order valence-electron chi connectivity index (χ4n) is 3.15. The van der Waals surface area contributed by atoms with Crippen molar-refractivity contribution in [2.24, 2.45) is 0 Å². The number of nitrogens with one attached hydrogen (secondary N) is 1. The van der Waals surface area contributed by atoms with Crippen molar-refractivity contribution in [3.8, 4) is 0 Å². The van der Waals surface area contributed by atoms with E-state index < -0.39 is 0 Å². The molecule has 1 amide bonds. The molecular weight excluding hydrogens is 322 g/mol. The van der Waals surface area contributed by atoms with Gasteiger partial charge in [0.05, 0.1) is 20.1 Å². The minimum Gasteiger partial charge on any atom is -0.469 e. The largest absolute Gasteiger partial charge is 0.469 e. The van der Waals surface area contributed by atoms with Gasteiger partial charge in [-0.2, -0.15) is 0 Å². The Bertz CT molecular complexity index is 737. The molecule has 1 fully saturated rings. The van der Waals surface area contributed by atoms with E-state index in [1.165, 1.54) is 7.11 Å². The average Bonchev–Trinajstić information content (AvgIpc) is 3.06. The zero-order valence-corrected chi connectivity index (χ0v) is 14.4.